The monoisotopic (exact) mass is 656 g/mol. The average Bonchev–Trinajstić information content (AvgIpc) is 3.20. The molecule has 8 aromatic rings. The van der Waals surface area contributed by atoms with E-state index >= 15 is 0 Å². The van der Waals surface area contributed by atoms with E-state index in [4.69, 9.17) is 0 Å². The van der Waals surface area contributed by atoms with Gasteiger partial charge in [-0.3, -0.25) is 0 Å². The molecular formula is C48H36N2O. The van der Waals surface area contributed by atoms with Crippen LogP contribution in [-0.2, 0) is 0 Å². The highest BCUT2D eigenvalue weighted by atomic mass is 16.3. The zero-order valence-electron chi connectivity index (χ0n) is 28.0. The molecule has 0 aliphatic rings. The molecule has 0 aromatic heterocycles. The van der Waals surface area contributed by atoms with Crippen LogP contribution in [0.25, 0.3) is 33.4 Å². The lowest BCUT2D eigenvalue weighted by Gasteiger charge is -2.33. The normalized spacial score (nSPS) is 10.8. The van der Waals surface area contributed by atoms with Crippen LogP contribution in [0, 0.1) is 0 Å². The molecule has 8 aromatic carbocycles. The number of para-hydroxylation sites is 2. The van der Waals surface area contributed by atoms with Crippen molar-refractivity contribution in [2.24, 2.45) is 0 Å². The van der Waals surface area contributed by atoms with Gasteiger partial charge in [0, 0.05) is 40.4 Å². The number of anilines is 6. The number of phenols is 1. The van der Waals surface area contributed by atoms with Crippen LogP contribution >= 0.6 is 0 Å². The van der Waals surface area contributed by atoms with Crippen molar-refractivity contribution in [2.75, 3.05) is 9.80 Å². The summed E-state index contributed by atoms with van der Waals surface area (Å²) in [6, 6.07) is 73.1. The molecule has 0 radical (unpaired) electrons. The highest BCUT2D eigenvalue weighted by Gasteiger charge is 2.25. The Hall–Kier alpha value is -6.84. The van der Waals surface area contributed by atoms with Gasteiger partial charge in [0.25, 0.3) is 0 Å². The smallest absolute Gasteiger partial charge is 0.119 e. The van der Waals surface area contributed by atoms with Gasteiger partial charge in [0.2, 0.25) is 0 Å². The molecule has 3 heteroatoms. The number of benzene rings is 8. The Kier molecular flexibility index (Phi) is 8.83. The van der Waals surface area contributed by atoms with Crippen LogP contribution in [-0.4, -0.2) is 5.11 Å². The highest BCUT2D eigenvalue weighted by Crippen LogP contribution is 2.50. The number of aromatic hydroxyl groups is 1. The number of nitrogens with zero attached hydrogens (tertiary/aromatic N) is 2. The molecule has 0 atom stereocenters. The van der Waals surface area contributed by atoms with Gasteiger partial charge in [-0.25, -0.2) is 0 Å². The number of rotatable bonds is 9. The van der Waals surface area contributed by atoms with Gasteiger partial charge < -0.3 is 14.9 Å². The van der Waals surface area contributed by atoms with Crippen LogP contribution in [0.3, 0.4) is 0 Å². The lowest BCUT2D eigenvalue weighted by atomic mass is 9.97. The standard InChI is InChI=1S/C48H36N2O/c51-45-34-46(49(41-22-12-4-13-23-41)43-30-26-38(27-31-43)36-16-6-1-7-17-36)48(40-20-10-3-11-21-40)47(35-45)50(42-24-14-5-15-25-42)44-32-28-39(29-33-44)37-18-8-2-9-19-37/h1-35,51H. The summed E-state index contributed by atoms with van der Waals surface area (Å²) in [6.07, 6.45) is 0. The average molecular weight is 657 g/mol. The van der Waals surface area contributed by atoms with Crippen LogP contribution in [0.1, 0.15) is 0 Å². The Morgan fingerprint density at radius 3 is 0.902 bits per heavy atom. The molecule has 0 heterocycles. The Labute approximate surface area is 299 Å². The Balaban J connectivity index is 1.36. The third-order valence-corrected chi connectivity index (χ3v) is 9.12. The maximum Gasteiger partial charge on any atom is 0.119 e. The molecule has 0 bridgehead atoms. The lowest BCUT2D eigenvalue weighted by Crippen LogP contribution is -2.15. The van der Waals surface area contributed by atoms with Crippen LogP contribution in [0.4, 0.5) is 34.1 Å². The minimum Gasteiger partial charge on any atom is -0.508 e. The quantitative estimate of drug-likeness (QED) is 0.167. The van der Waals surface area contributed by atoms with E-state index in [-0.39, 0.29) is 5.75 Å². The Morgan fingerprint density at radius 2 is 0.549 bits per heavy atom. The zero-order valence-corrected chi connectivity index (χ0v) is 28.0. The molecule has 1 N–H and O–H groups in total. The van der Waals surface area contributed by atoms with E-state index in [9.17, 15) is 5.11 Å². The van der Waals surface area contributed by atoms with Crippen LogP contribution in [0.5, 0.6) is 5.75 Å². The summed E-state index contributed by atoms with van der Waals surface area (Å²) in [7, 11) is 0. The van der Waals surface area contributed by atoms with E-state index in [1.807, 2.05) is 42.5 Å². The summed E-state index contributed by atoms with van der Waals surface area (Å²) >= 11 is 0. The van der Waals surface area contributed by atoms with Gasteiger partial charge in [-0.1, -0.05) is 152 Å². The highest BCUT2D eigenvalue weighted by molar-refractivity contribution is 5.99. The van der Waals surface area contributed by atoms with Crippen molar-refractivity contribution in [3.05, 3.63) is 212 Å². The van der Waals surface area contributed by atoms with Gasteiger partial charge in [-0.05, 0) is 76.3 Å². The lowest BCUT2D eigenvalue weighted by molar-refractivity contribution is 0.476. The summed E-state index contributed by atoms with van der Waals surface area (Å²) in [5, 5.41) is 11.7. The Bertz CT molecular complexity index is 2180. The molecule has 0 fully saturated rings. The van der Waals surface area contributed by atoms with E-state index < -0.39 is 0 Å². The number of phenolic OH excluding ortho intramolecular Hbond substituents is 1. The second kappa shape index (κ2) is 14.3. The maximum absolute atomic E-state index is 11.7. The topological polar surface area (TPSA) is 26.7 Å². The first-order valence-corrected chi connectivity index (χ1v) is 17.2. The van der Waals surface area contributed by atoms with E-state index in [1.54, 1.807) is 0 Å². The SMILES string of the molecule is Oc1cc(N(c2ccccc2)c2ccc(-c3ccccc3)cc2)c(-c2ccccc2)c(N(c2ccccc2)c2ccc(-c3ccccc3)cc2)c1. The van der Waals surface area contributed by atoms with E-state index in [2.05, 4.69) is 180 Å². The third-order valence-electron chi connectivity index (χ3n) is 9.12. The van der Waals surface area contributed by atoms with Gasteiger partial charge in [0.1, 0.15) is 5.75 Å². The van der Waals surface area contributed by atoms with E-state index in [1.165, 1.54) is 0 Å². The zero-order chi connectivity index (χ0) is 34.4. The van der Waals surface area contributed by atoms with E-state index in [0.717, 1.165) is 67.5 Å². The molecule has 8 rings (SSSR count). The minimum absolute atomic E-state index is 0.170. The molecule has 0 aliphatic carbocycles. The van der Waals surface area contributed by atoms with Crippen molar-refractivity contribution in [3.8, 4) is 39.1 Å². The van der Waals surface area contributed by atoms with Gasteiger partial charge in [0.05, 0.1) is 11.4 Å². The first kappa shape index (κ1) is 31.4. The number of hydrogen-bond donors (Lipinski definition) is 1. The second-order valence-corrected chi connectivity index (χ2v) is 12.4. The fourth-order valence-electron chi connectivity index (χ4n) is 6.73. The first-order valence-electron chi connectivity index (χ1n) is 17.2. The van der Waals surface area contributed by atoms with E-state index in [0.29, 0.717) is 0 Å². The molecule has 0 aliphatic heterocycles. The molecule has 51 heavy (non-hydrogen) atoms. The van der Waals surface area contributed by atoms with Gasteiger partial charge >= 0.3 is 0 Å². The van der Waals surface area contributed by atoms with Gasteiger partial charge in [-0.15, -0.1) is 0 Å². The van der Waals surface area contributed by atoms with Crippen molar-refractivity contribution >= 4 is 34.1 Å². The predicted octanol–water partition coefficient (Wildman–Crippen LogP) is 13.3. The van der Waals surface area contributed by atoms with Crippen molar-refractivity contribution in [1.82, 2.24) is 0 Å². The first-order chi connectivity index (χ1) is 25.2. The predicted molar refractivity (Wildman–Crippen MR) is 214 cm³/mol. The number of hydrogen-bond acceptors (Lipinski definition) is 3. The molecule has 0 amide bonds. The van der Waals surface area contributed by atoms with Crippen molar-refractivity contribution in [1.29, 1.82) is 0 Å². The summed E-state index contributed by atoms with van der Waals surface area (Å²) in [5.74, 6) is 0.170. The summed E-state index contributed by atoms with van der Waals surface area (Å²) in [5.41, 5.74) is 12.3. The molecule has 0 unspecified atom stereocenters. The third kappa shape index (κ3) is 6.61. The minimum atomic E-state index is 0.170. The molecular weight excluding hydrogens is 621 g/mol. The van der Waals surface area contributed by atoms with Crippen molar-refractivity contribution in [3.63, 3.8) is 0 Å². The molecule has 3 nitrogen and oxygen atoms in total. The summed E-state index contributed by atoms with van der Waals surface area (Å²) < 4.78 is 0. The van der Waals surface area contributed by atoms with Gasteiger partial charge in [0.15, 0.2) is 0 Å². The fraction of sp³-hybridized carbons (Fsp3) is 0. The van der Waals surface area contributed by atoms with Crippen molar-refractivity contribution in [2.45, 2.75) is 0 Å². The molecule has 0 saturated heterocycles. The summed E-state index contributed by atoms with van der Waals surface area (Å²) in [6.45, 7) is 0. The van der Waals surface area contributed by atoms with Crippen LogP contribution in [0.15, 0.2) is 212 Å². The maximum atomic E-state index is 11.7. The van der Waals surface area contributed by atoms with Crippen molar-refractivity contribution < 1.29 is 5.11 Å². The summed E-state index contributed by atoms with van der Waals surface area (Å²) in [4.78, 5) is 4.48. The fourth-order valence-corrected chi connectivity index (χ4v) is 6.73. The largest absolute Gasteiger partial charge is 0.508 e. The van der Waals surface area contributed by atoms with Crippen LogP contribution < -0.4 is 9.80 Å². The van der Waals surface area contributed by atoms with Crippen LogP contribution in [0.2, 0.25) is 0 Å². The Morgan fingerprint density at radius 1 is 0.275 bits per heavy atom. The molecule has 0 spiro atoms. The van der Waals surface area contributed by atoms with Gasteiger partial charge in [-0.2, -0.15) is 0 Å². The molecule has 244 valence electrons. The second-order valence-electron chi connectivity index (χ2n) is 12.4. The molecule has 0 saturated carbocycles.